The number of nitrogens with zero attached hydrogens (tertiary/aromatic N) is 1. The summed E-state index contributed by atoms with van der Waals surface area (Å²) < 4.78 is 11.0. The molecule has 182 valence electrons. The van der Waals surface area contributed by atoms with Crippen LogP contribution in [-0.2, 0) is 11.4 Å². The van der Waals surface area contributed by atoms with Gasteiger partial charge in [-0.1, -0.05) is 49.7 Å². The van der Waals surface area contributed by atoms with E-state index in [1.165, 1.54) is 6.21 Å². The highest BCUT2D eigenvalue weighted by atomic mass is 35.5. The van der Waals surface area contributed by atoms with Crippen molar-refractivity contribution in [2.45, 2.75) is 26.5 Å². The van der Waals surface area contributed by atoms with Crippen LogP contribution in [-0.4, -0.2) is 31.2 Å². The zero-order chi connectivity index (χ0) is 25.2. The van der Waals surface area contributed by atoms with Crippen molar-refractivity contribution in [1.82, 2.24) is 10.7 Å². The van der Waals surface area contributed by atoms with E-state index in [-0.39, 0.29) is 5.92 Å². The molecule has 35 heavy (non-hydrogen) atoms. The predicted molar refractivity (Wildman–Crippen MR) is 137 cm³/mol. The van der Waals surface area contributed by atoms with Gasteiger partial charge < -0.3 is 14.8 Å². The number of carbonyl (C=O) groups excluding carboxylic acids is 2. The summed E-state index contributed by atoms with van der Waals surface area (Å²) in [7, 11) is 1.63. The van der Waals surface area contributed by atoms with Gasteiger partial charge in [-0.25, -0.2) is 5.43 Å². The molecule has 0 aromatic heterocycles. The third kappa shape index (κ3) is 7.58. The molecule has 0 heterocycles. The van der Waals surface area contributed by atoms with Gasteiger partial charge in [0.15, 0.2) is 0 Å². The van der Waals surface area contributed by atoms with Crippen molar-refractivity contribution in [2.24, 2.45) is 11.0 Å². The Kier molecular flexibility index (Phi) is 9.26. The molecule has 0 saturated carbocycles. The van der Waals surface area contributed by atoms with Gasteiger partial charge in [0.2, 0.25) is 0 Å². The highest BCUT2D eigenvalue weighted by Gasteiger charge is 2.25. The number of benzene rings is 3. The topological polar surface area (TPSA) is 89.0 Å². The van der Waals surface area contributed by atoms with Crippen molar-refractivity contribution < 1.29 is 19.1 Å². The number of ether oxygens (including phenoxy) is 2. The summed E-state index contributed by atoms with van der Waals surface area (Å²) in [6.07, 6.45) is 1.53. The summed E-state index contributed by atoms with van der Waals surface area (Å²) in [5.74, 6) is 0.518. The van der Waals surface area contributed by atoms with Crippen molar-refractivity contribution in [3.05, 3.63) is 94.5 Å². The average molecular weight is 494 g/mol. The molecule has 0 bridgehead atoms. The molecule has 0 saturated heterocycles. The molecular formula is C27H28ClN3O4. The monoisotopic (exact) mass is 493 g/mol. The van der Waals surface area contributed by atoms with Gasteiger partial charge in [0.05, 0.1) is 23.9 Å². The third-order valence-electron chi connectivity index (χ3n) is 5.19. The van der Waals surface area contributed by atoms with Gasteiger partial charge in [-0.2, -0.15) is 5.10 Å². The highest BCUT2D eigenvalue weighted by molar-refractivity contribution is 6.33. The smallest absolute Gasteiger partial charge is 0.262 e. The van der Waals surface area contributed by atoms with E-state index in [4.69, 9.17) is 21.1 Å². The molecule has 3 aromatic rings. The number of amides is 2. The molecule has 3 rings (SSSR count). The fourth-order valence-corrected chi connectivity index (χ4v) is 3.40. The molecule has 0 radical (unpaired) electrons. The van der Waals surface area contributed by atoms with Crippen LogP contribution in [0.4, 0.5) is 0 Å². The first-order valence-electron chi connectivity index (χ1n) is 11.1. The molecular weight excluding hydrogens is 466 g/mol. The summed E-state index contributed by atoms with van der Waals surface area (Å²) in [5.41, 5.74) is 4.62. The van der Waals surface area contributed by atoms with E-state index < -0.39 is 17.9 Å². The molecule has 1 unspecified atom stereocenters. The van der Waals surface area contributed by atoms with E-state index in [0.717, 1.165) is 16.9 Å². The van der Waals surface area contributed by atoms with Crippen LogP contribution >= 0.6 is 11.6 Å². The van der Waals surface area contributed by atoms with Gasteiger partial charge >= 0.3 is 0 Å². The Morgan fingerprint density at radius 2 is 1.63 bits per heavy atom. The second-order valence-electron chi connectivity index (χ2n) is 8.12. The number of carbonyl (C=O) groups is 2. The Balaban J connectivity index is 1.52. The molecule has 1 atom stereocenters. The number of halogens is 1. The van der Waals surface area contributed by atoms with Gasteiger partial charge in [0.25, 0.3) is 11.8 Å². The molecule has 7 nitrogen and oxygen atoms in total. The minimum absolute atomic E-state index is 0.154. The van der Waals surface area contributed by atoms with Crippen LogP contribution < -0.4 is 20.2 Å². The molecule has 0 spiro atoms. The van der Waals surface area contributed by atoms with Crippen LogP contribution in [0, 0.1) is 5.92 Å². The van der Waals surface area contributed by atoms with Crippen LogP contribution in [0.15, 0.2) is 77.9 Å². The lowest BCUT2D eigenvalue weighted by Gasteiger charge is -2.20. The second-order valence-corrected chi connectivity index (χ2v) is 8.52. The van der Waals surface area contributed by atoms with E-state index in [9.17, 15) is 9.59 Å². The Morgan fingerprint density at radius 1 is 0.971 bits per heavy atom. The maximum Gasteiger partial charge on any atom is 0.262 e. The molecule has 0 fully saturated rings. The normalized spacial score (nSPS) is 11.8. The van der Waals surface area contributed by atoms with Crippen LogP contribution in [0.2, 0.25) is 5.02 Å². The van der Waals surface area contributed by atoms with Crippen molar-refractivity contribution in [1.29, 1.82) is 0 Å². The third-order valence-corrected chi connectivity index (χ3v) is 5.52. The van der Waals surface area contributed by atoms with E-state index in [2.05, 4.69) is 15.8 Å². The summed E-state index contributed by atoms with van der Waals surface area (Å²) in [5, 5.41) is 7.08. The largest absolute Gasteiger partial charge is 0.497 e. The van der Waals surface area contributed by atoms with Crippen molar-refractivity contribution in [3.8, 4) is 11.5 Å². The standard InChI is InChI=1S/C27H28ClN3O4/c1-18(2)25(30-26(32)23-6-4-5-7-24(23)28)27(33)31-29-16-19-8-14-22(15-9-19)35-17-20-10-12-21(34-3)13-11-20/h4-16,18,25H,17H2,1-3H3,(H,30,32)(H,31,33). The zero-order valence-electron chi connectivity index (χ0n) is 19.8. The van der Waals surface area contributed by atoms with Gasteiger partial charge in [-0.3, -0.25) is 9.59 Å². The lowest BCUT2D eigenvalue weighted by atomic mass is 10.0. The fraction of sp³-hybridized carbons (Fsp3) is 0.222. The predicted octanol–water partition coefficient (Wildman–Crippen LogP) is 4.83. The first-order valence-corrected chi connectivity index (χ1v) is 11.5. The Labute approximate surface area is 210 Å². The number of rotatable bonds is 10. The van der Waals surface area contributed by atoms with Crippen molar-refractivity contribution in [3.63, 3.8) is 0 Å². The maximum absolute atomic E-state index is 12.6. The van der Waals surface area contributed by atoms with Gasteiger partial charge in [0.1, 0.15) is 24.1 Å². The SMILES string of the molecule is COc1ccc(COc2ccc(C=NNC(=O)C(NC(=O)c3ccccc3Cl)C(C)C)cc2)cc1. The zero-order valence-corrected chi connectivity index (χ0v) is 20.6. The first kappa shape index (κ1) is 25.8. The lowest BCUT2D eigenvalue weighted by molar-refractivity contribution is -0.123. The molecule has 2 N–H and O–H groups in total. The van der Waals surface area contributed by atoms with E-state index in [1.54, 1.807) is 31.4 Å². The molecule has 8 heteroatoms. The summed E-state index contributed by atoms with van der Waals surface area (Å²) in [6, 6.07) is 20.9. The molecule has 0 aliphatic rings. The molecule has 2 amide bonds. The van der Waals surface area contributed by atoms with Gasteiger partial charge in [-0.15, -0.1) is 0 Å². The number of nitrogens with one attached hydrogen (secondary N) is 2. The summed E-state index contributed by atoms with van der Waals surface area (Å²) in [4.78, 5) is 25.2. The van der Waals surface area contributed by atoms with Crippen molar-refractivity contribution in [2.75, 3.05) is 7.11 Å². The Morgan fingerprint density at radius 3 is 2.26 bits per heavy atom. The summed E-state index contributed by atoms with van der Waals surface area (Å²) in [6.45, 7) is 4.11. The summed E-state index contributed by atoms with van der Waals surface area (Å²) >= 11 is 6.09. The minimum atomic E-state index is -0.773. The number of hydrogen-bond donors (Lipinski definition) is 2. The number of hydrazone groups is 1. The number of hydrogen-bond acceptors (Lipinski definition) is 5. The van der Waals surface area contributed by atoms with E-state index >= 15 is 0 Å². The maximum atomic E-state index is 12.6. The van der Waals surface area contributed by atoms with E-state index in [0.29, 0.717) is 22.9 Å². The minimum Gasteiger partial charge on any atom is -0.497 e. The first-order chi connectivity index (χ1) is 16.9. The van der Waals surface area contributed by atoms with Crippen LogP contribution in [0.25, 0.3) is 0 Å². The van der Waals surface area contributed by atoms with Crippen LogP contribution in [0.5, 0.6) is 11.5 Å². The average Bonchev–Trinajstić information content (AvgIpc) is 2.87. The Hall–Kier alpha value is -3.84. The van der Waals surface area contributed by atoms with Gasteiger partial charge in [0, 0.05) is 0 Å². The second kappa shape index (κ2) is 12.6. The van der Waals surface area contributed by atoms with Crippen LogP contribution in [0.1, 0.15) is 35.3 Å². The van der Waals surface area contributed by atoms with E-state index in [1.807, 2.05) is 62.4 Å². The van der Waals surface area contributed by atoms with Crippen LogP contribution in [0.3, 0.4) is 0 Å². The molecule has 3 aromatic carbocycles. The lowest BCUT2D eigenvalue weighted by Crippen LogP contribution is -2.48. The Bertz CT molecular complexity index is 1160. The number of methoxy groups -OCH3 is 1. The highest BCUT2D eigenvalue weighted by Crippen LogP contribution is 2.17. The quantitative estimate of drug-likeness (QED) is 0.312. The van der Waals surface area contributed by atoms with Crippen molar-refractivity contribution >= 4 is 29.6 Å². The fourth-order valence-electron chi connectivity index (χ4n) is 3.18. The van der Waals surface area contributed by atoms with Gasteiger partial charge in [-0.05, 0) is 65.6 Å². The molecule has 0 aliphatic heterocycles. The molecule has 0 aliphatic carbocycles.